The number of hydrogen-bond donors (Lipinski definition) is 0. The topological polar surface area (TPSA) is 25.8 Å². The van der Waals surface area contributed by atoms with E-state index >= 15 is 0 Å². The molecule has 0 spiro atoms. The fourth-order valence-corrected chi connectivity index (χ4v) is 10.1. The van der Waals surface area contributed by atoms with Gasteiger partial charge in [0.1, 0.15) is 0 Å². The van der Waals surface area contributed by atoms with E-state index in [9.17, 15) is 0 Å². The number of nitrogens with zero attached hydrogens (tertiary/aromatic N) is 2. The molecular formula is C56H38N2. The molecule has 0 saturated heterocycles. The number of hydrogen-bond acceptors (Lipinski definition) is 2. The van der Waals surface area contributed by atoms with Crippen molar-refractivity contribution < 1.29 is 0 Å². The van der Waals surface area contributed by atoms with E-state index in [0.29, 0.717) is 0 Å². The largest absolute Gasteiger partial charge is 0.244 e. The Hall–Kier alpha value is -7.42. The lowest BCUT2D eigenvalue weighted by molar-refractivity contribution is 0.415. The predicted molar refractivity (Wildman–Crippen MR) is 239 cm³/mol. The van der Waals surface area contributed by atoms with Crippen molar-refractivity contribution in [2.45, 2.75) is 10.8 Å². The van der Waals surface area contributed by atoms with Crippen molar-refractivity contribution in [3.63, 3.8) is 0 Å². The summed E-state index contributed by atoms with van der Waals surface area (Å²) >= 11 is 0. The van der Waals surface area contributed by atoms with E-state index in [1.807, 2.05) is 0 Å². The van der Waals surface area contributed by atoms with Gasteiger partial charge in [0.15, 0.2) is 0 Å². The lowest BCUT2D eigenvalue weighted by Gasteiger charge is -2.57. The van der Waals surface area contributed by atoms with E-state index in [4.69, 9.17) is 9.97 Å². The normalized spacial score (nSPS) is 13.8. The van der Waals surface area contributed by atoms with Crippen LogP contribution in [-0.2, 0) is 10.8 Å². The molecule has 1 aromatic heterocycles. The number of aromatic nitrogens is 2. The zero-order chi connectivity index (χ0) is 38.5. The molecule has 1 heterocycles. The van der Waals surface area contributed by atoms with Crippen molar-refractivity contribution in [2.24, 2.45) is 0 Å². The summed E-state index contributed by atoms with van der Waals surface area (Å²) in [6, 6.07) is 84.0. The van der Waals surface area contributed by atoms with Gasteiger partial charge in [-0.2, -0.15) is 0 Å². The van der Waals surface area contributed by atoms with Gasteiger partial charge in [0.2, 0.25) is 0 Å². The summed E-state index contributed by atoms with van der Waals surface area (Å²) in [6.45, 7) is 0. The SMILES string of the molecule is c1ccc(-c2nc3ccc4ccccc4c3nc2-c2ccc3c(c2)-c2ccccc2C(c2ccccc2)(c2ccccc2)C3(c2ccccc2)c2ccccc2)cc1. The van der Waals surface area contributed by atoms with Crippen molar-refractivity contribution in [1.29, 1.82) is 0 Å². The highest BCUT2D eigenvalue weighted by molar-refractivity contribution is 6.05. The minimum absolute atomic E-state index is 0.680. The van der Waals surface area contributed by atoms with Crippen LogP contribution in [0.1, 0.15) is 33.4 Å². The number of rotatable bonds is 6. The summed E-state index contributed by atoms with van der Waals surface area (Å²) in [5.41, 5.74) is 14.0. The Morgan fingerprint density at radius 1 is 0.310 bits per heavy atom. The van der Waals surface area contributed by atoms with Crippen molar-refractivity contribution in [3.05, 3.63) is 264 Å². The summed E-state index contributed by atoms with van der Waals surface area (Å²) < 4.78 is 0. The third-order valence-electron chi connectivity index (χ3n) is 12.3. The Balaban J connectivity index is 1.31. The molecular weight excluding hydrogens is 701 g/mol. The van der Waals surface area contributed by atoms with Crippen LogP contribution in [0.2, 0.25) is 0 Å². The van der Waals surface area contributed by atoms with E-state index in [0.717, 1.165) is 44.3 Å². The second-order valence-electron chi connectivity index (χ2n) is 15.2. The van der Waals surface area contributed by atoms with Gasteiger partial charge in [-0.1, -0.05) is 218 Å². The first-order chi connectivity index (χ1) is 28.8. The van der Waals surface area contributed by atoms with Crippen LogP contribution in [0.25, 0.3) is 55.4 Å². The first kappa shape index (κ1) is 33.9. The van der Waals surface area contributed by atoms with Gasteiger partial charge in [0.05, 0.1) is 33.3 Å². The Morgan fingerprint density at radius 2 is 0.776 bits per heavy atom. The average molecular weight is 739 g/mol. The predicted octanol–water partition coefficient (Wildman–Crippen LogP) is 13.5. The summed E-state index contributed by atoms with van der Waals surface area (Å²) in [7, 11) is 0. The number of benzene rings is 9. The molecule has 1 aliphatic carbocycles. The van der Waals surface area contributed by atoms with Crippen LogP contribution in [-0.4, -0.2) is 9.97 Å². The maximum Gasteiger partial charge on any atom is 0.0973 e. The van der Waals surface area contributed by atoms with Crippen LogP contribution in [0, 0.1) is 0 Å². The van der Waals surface area contributed by atoms with Gasteiger partial charge in [-0.3, -0.25) is 0 Å². The Bertz CT molecular complexity index is 3010. The summed E-state index contributed by atoms with van der Waals surface area (Å²) in [6.07, 6.45) is 0. The van der Waals surface area contributed by atoms with E-state index in [-0.39, 0.29) is 0 Å². The van der Waals surface area contributed by atoms with Gasteiger partial charge in [0, 0.05) is 16.5 Å². The molecule has 2 heteroatoms. The lowest BCUT2D eigenvalue weighted by Crippen LogP contribution is -2.54. The zero-order valence-electron chi connectivity index (χ0n) is 31.8. The standard InChI is InChI=1S/C56H38N2/c1-6-21-40(22-7-1)52-53(58-54-46-31-17-16-20-39(46)35-37-51(54)57-52)41-34-36-50-48(38-41)47-32-18-19-33-49(47)55(42-23-8-2-9-24-42,43-25-10-3-11-26-43)56(50,44-27-12-4-13-28-44)45-29-14-5-15-30-45/h1-38H. The molecule has 2 nitrogen and oxygen atoms in total. The number of fused-ring (bicyclic) bond motifs is 6. The van der Waals surface area contributed by atoms with Crippen LogP contribution in [0.5, 0.6) is 0 Å². The van der Waals surface area contributed by atoms with E-state index in [2.05, 4.69) is 231 Å². The zero-order valence-corrected chi connectivity index (χ0v) is 31.8. The maximum absolute atomic E-state index is 5.57. The maximum atomic E-state index is 5.57. The van der Waals surface area contributed by atoms with Crippen LogP contribution in [0.3, 0.4) is 0 Å². The molecule has 1 aliphatic rings. The van der Waals surface area contributed by atoms with Gasteiger partial charge in [0.25, 0.3) is 0 Å². The summed E-state index contributed by atoms with van der Waals surface area (Å²) in [4.78, 5) is 11.0. The quantitative estimate of drug-likeness (QED) is 0.159. The molecule has 0 radical (unpaired) electrons. The van der Waals surface area contributed by atoms with E-state index < -0.39 is 10.8 Å². The molecule has 0 unspecified atom stereocenters. The minimum Gasteiger partial charge on any atom is -0.244 e. The van der Waals surface area contributed by atoms with Crippen LogP contribution >= 0.6 is 0 Å². The van der Waals surface area contributed by atoms with E-state index in [1.165, 1.54) is 44.5 Å². The smallest absolute Gasteiger partial charge is 0.0973 e. The first-order valence-electron chi connectivity index (χ1n) is 20.0. The molecule has 272 valence electrons. The fourth-order valence-electron chi connectivity index (χ4n) is 10.1. The fraction of sp³-hybridized carbons (Fsp3) is 0.0357. The molecule has 11 rings (SSSR count). The highest BCUT2D eigenvalue weighted by atomic mass is 14.8. The third-order valence-corrected chi connectivity index (χ3v) is 12.3. The second-order valence-corrected chi connectivity index (χ2v) is 15.2. The molecule has 0 amide bonds. The van der Waals surface area contributed by atoms with Crippen LogP contribution in [0.15, 0.2) is 231 Å². The van der Waals surface area contributed by atoms with Crippen LogP contribution in [0.4, 0.5) is 0 Å². The van der Waals surface area contributed by atoms with Gasteiger partial charge in [-0.15, -0.1) is 0 Å². The van der Waals surface area contributed by atoms with Crippen molar-refractivity contribution in [2.75, 3.05) is 0 Å². The minimum atomic E-state index is -0.714. The molecule has 10 aromatic rings. The Kier molecular flexibility index (Phi) is 7.97. The molecule has 0 bridgehead atoms. The monoisotopic (exact) mass is 738 g/mol. The Morgan fingerprint density at radius 3 is 1.36 bits per heavy atom. The second kappa shape index (κ2) is 13.7. The molecule has 0 saturated carbocycles. The average Bonchev–Trinajstić information content (AvgIpc) is 3.32. The lowest BCUT2D eigenvalue weighted by atomic mass is 9.43. The van der Waals surface area contributed by atoms with Gasteiger partial charge in [-0.05, 0) is 62.0 Å². The first-order valence-corrected chi connectivity index (χ1v) is 20.0. The van der Waals surface area contributed by atoms with Crippen molar-refractivity contribution >= 4 is 21.8 Å². The molecule has 0 atom stereocenters. The van der Waals surface area contributed by atoms with Gasteiger partial charge in [-0.25, -0.2) is 9.97 Å². The van der Waals surface area contributed by atoms with Crippen LogP contribution < -0.4 is 0 Å². The molecule has 0 N–H and O–H groups in total. The van der Waals surface area contributed by atoms with Crippen molar-refractivity contribution in [1.82, 2.24) is 9.97 Å². The third kappa shape index (κ3) is 4.92. The molecule has 0 aliphatic heterocycles. The molecule has 9 aromatic carbocycles. The van der Waals surface area contributed by atoms with E-state index in [1.54, 1.807) is 0 Å². The van der Waals surface area contributed by atoms with Gasteiger partial charge < -0.3 is 0 Å². The van der Waals surface area contributed by atoms with Crippen molar-refractivity contribution in [3.8, 4) is 33.6 Å². The summed E-state index contributed by atoms with van der Waals surface area (Å²) in [5, 5.41) is 2.25. The summed E-state index contributed by atoms with van der Waals surface area (Å²) in [5.74, 6) is 0. The van der Waals surface area contributed by atoms with Gasteiger partial charge >= 0.3 is 0 Å². The highest BCUT2D eigenvalue weighted by Gasteiger charge is 2.61. The Labute approximate surface area is 338 Å². The molecule has 0 fully saturated rings. The molecule has 58 heavy (non-hydrogen) atoms. The highest BCUT2D eigenvalue weighted by Crippen LogP contribution is 2.65.